The van der Waals surface area contributed by atoms with Gasteiger partial charge in [0.1, 0.15) is 17.7 Å². The van der Waals surface area contributed by atoms with E-state index in [2.05, 4.69) is 12.1 Å². The molecule has 0 fully saturated rings. The molecule has 0 atom stereocenters. The first-order valence-corrected chi connectivity index (χ1v) is 6.30. The number of anilines is 1. The smallest absolute Gasteiger partial charge is 0.133 e. The summed E-state index contributed by atoms with van der Waals surface area (Å²) in [6.45, 7) is 1.82. The van der Waals surface area contributed by atoms with E-state index < -0.39 is 0 Å². The first-order valence-electron chi connectivity index (χ1n) is 6.30. The van der Waals surface area contributed by atoms with Crippen LogP contribution in [0.5, 0.6) is 0 Å². The fraction of sp³-hybridized carbons (Fsp3) is 0.176. The average molecular weight is 261 g/mol. The second-order valence-corrected chi connectivity index (χ2v) is 4.80. The highest BCUT2D eigenvalue weighted by Gasteiger charge is 2.13. The summed E-state index contributed by atoms with van der Waals surface area (Å²) < 4.78 is 0. The van der Waals surface area contributed by atoms with Crippen LogP contribution in [0, 0.1) is 22.7 Å². The maximum atomic E-state index is 9.06. The lowest BCUT2D eigenvalue weighted by atomic mass is 9.96. The summed E-state index contributed by atoms with van der Waals surface area (Å²) in [5.74, 6) is 0. The zero-order chi connectivity index (χ0) is 14.7. The second kappa shape index (κ2) is 5.47. The number of hydrogen-bond donors (Lipinski definition) is 0. The Morgan fingerprint density at radius 3 is 2.25 bits per heavy atom. The first kappa shape index (κ1) is 13.6. The van der Waals surface area contributed by atoms with Crippen LogP contribution in [0.25, 0.3) is 16.3 Å². The quantitative estimate of drug-likeness (QED) is 0.774. The summed E-state index contributed by atoms with van der Waals surface area (Å²) in [5, 5.41) is 20.4. The Morgan fingerprint density at radius 2 is 1.65 bits per heavy atom. The third-order valence-electron chi connectivity index (χ3n) is 3.35. The van der Waals surface area contributed by atoms with Gasteiger partial charge in [0.15, 0.2) is 0 Å². The van der Waals surface area contributed by atoms with Crippen molar-refractivity contribution in [2.75, 3.05) is 19.0 Å². The van der Waals surface area contributed by atoms with Crippen molar-refractivity contribution in [3.63, 3.8) is 0 Å². The van der Waals surface area contributed by atoms with Crippen molar-refractivity contribution in [3.8, 4) is 12.1 Å². The van der Waals surface area contributed by atoms with Crippen molar-refractivity contribution in [1.29, 1.82) is 10.5 Å². The minimum absolute atomic E-state index is 0.156. The normalized spacial score (nSPS) is 9.65. The Labute approximate surface area is 119 Å². The molecule has 0 bridgehead atoms. The molecule has 0 N–H and O–H groups in total. The first-order chi connectivity index (χ1) is 9.60. The molecule has 3 nitrogen and oxygen atoms in total. The van der Waals surface area contributed by atoms with E-state index >= 15 is 0 Å². The fourth-order valence-electron chi connectivity index (χ4n) is 2.37. The molecule has 2 aromatic rings. The van der Waals surface area contributed by atoms with Gasteiger partial charge in [0.05, 0.1) is 5.69 Å². The molecule has 98 valence electrons. The highest BCUT2D eigenvalue weighted by atomic mass is 15.1. The zero-order valence-electron chi connectivity index (χ0n) is 11.8. The van der Waals surface area contributed by atoms with E-state index in [4.69, 9.17) is 10.5 Å². The van der Waals surface area contributed by atoms with Gasteiger partial charge in [-0.25, -0.2) is 0 Å². The summed E-state index contributed by atoms with van der Waals surface area (Å²) >= 11 is 0. The Hall–Kier alpha value is -2.78. The molecule has 3 heteroatoms. The van der Waals surface area contributed by atoms with Gasteiger partial charge in [-0.2, -0.15) is 10.5 Å². The molecule has 0 spiro atoms. The molecule has 0 aliphatic carbocycles. The number of hydrogen-bond acceptors (Lipinski definition) is 3. The third kappa shape index (κ3) is 2.22. The van der Waals surface area contributed by atoms with Gasteiger partial charge in [0.25, 0.3) is 0 Å². The number of benzene rings is 2. The minimum Gasteiger partial charge on any atom is -0.377 e. The van der Waals surface area contributed by atoms with E-state index in [1.807, 2.05) is 62.3 Å². The molecule has 2 rings (SSSR count). The molecule has 0 aliphatic rings. The van der Waals surface area contributed by atoms with E-state index in [0.29, 0.717) is 5.57 Å². The van der Waals surface area contributed by atoms with E-state index in [0.717, 1.165) is 22.0 Å². The van der Waals surface area contributed by atoms with Gasteiger partial charge in [0.2, 0.25) is 0 Å². The SMILES string of the molecule is CC(=C(C#N)C#N)c1ccc2ccccc2c1N(C)C. The number of fused-ring (bicyclic) bond motifs is 1. The third-order valence-corrected chi connectivity index (χ3v) is 3.35. The van der Waals surface area contributed by atoms with E-state index in [1.54, 1.807) is 0 Å². The topological polar surface area (TPSA) is 50.8 Å². The minimum atomic E-state index is 0.156. The number of rotatable bonds is 2. The summed E-state index contributed by atoms with van der Waals surface area (Å²) in [7, 11) is 3.94. The fourth-order valence-corrected chi connectivity index (χ4v) is 2.37. The standard InChI is InChI=1S/C17H15N3/c1-12(14(10-18)11-19)15-9-8-13-6-4-5-7-16(13)17(15)20(2)3/h4-9H,1-3H3. The maximum absolute atomic E-state index is 9.06. The Morgan fingerprint density at radius 1 is 1.00 bits per heavy atom. The van der Waals surface area contributed by atoms with Crippen LogP contribution in [0.2, 0.25) is 0 Å². The van der Waals surface area contributed by atoms with Gasteiger partial charge in [0, 0.05) is 25.0 Å². The van der Waals surface area contributed by atoms with Crippen molar-refractivity contribution in [3.05, 3.63) is 47.5 Å². The monoisotopic (exact) mass is 261 g/mol. The summed E-state index contributed by atoms with van der Waals surface area (Å²) in [6.07, 6.45) is 0. The predicted octanol–water partition coefficient (Wildman–Crippen LogP) is 3.73. The lowest BCUT2D eigenvalue weighted by Crippen LogP contribution is -2.11. The van der Waals surface area contributed by atoms with Gasteiger partial charge < -0.3 is 4.90 Å². The van der Waals surface area contributed by atoms with Crippen LogP contribution in [-0.4, -0.2) is 14.1 Å². The van der Waals surface area contributed by atoms with Crippen molar-refractivity contribution in [2.24, 2.45) is 0 Å². The van der Waals surface area contributed by atoms with Gasteiger partial charge in [-0.1, -0.05) is 36.4 Å². The lowest BCUT2D eigenvalue weighted by Gasteiger charge is -2.20. The van der Waals surface area contributed by atoms with Gasteiger partial charge in [-0.15, -0.1) is 0 Å². The van der Waals surface area contributed by atoms with E-state index in [9.17, 15) is 0 Å². The van der Waals surface area contributed by atoms with Crippen LogP contribution in [-0.2, 0) is 0 Å². The van der Waals surface area contributed by atoms with E-state index in [1.165, 1.54) is 0 Å². The Balaban J connectivity index is 2.86. The van der Waals surface area contributed by atoms with Gasteiger partial charge >= 0.3 is 0 Å². The molecule has 2 aromatic carbocycles. The van der Waals surface area contributed by atoms with Crippen molar-refractivity contribution >= 4 is 22.0 Å². The molecular formula is C17H15N3. The molecule has 0 amide bonds. The second-order valence-electron chi connectivity index (χ2n) is 4.80. The number of allylic oxidation sites excluding steroid dienone is 2. The Bertz CT molecular complexity index is 755. The van der Waals surface area contributed by atoms with Crippen LogP contribution < -0.4 is 4.90 Å². The predicted molar refractivity (Wildman–Crippen MR) is 82.1 cm³/mol. The molecule has 20 heavy (non-hydrogen) atoms. The molecule has 0 saturated carbocycles. The number of nitrogens with zero attached hydrogens (tertiary/aromatic N) is 3. The van der Waals surface area contributed by atoms with Crippen molar-refractivity contribution in [2.45, 2.75) is 6.92 Å². The largest absolute Gasteiger partial charge is 0.377 e. The average Bonchev–Trinajstić information content (AvgIpc) is 2.46. The van der Waals surface area contributed by atoms with Crippen LogP contribution in [0.4, 0.5) is 5.69 Å². The van der Waals surface area contributed by atoms with Crippen LogP contribution in [0.3, 0.4) is 0 Å². The van der Waals surface area contributed by atoms with Crippen LogP contribution >= 0.6 is 0 Å². The molecule has 0 radical (unpaired) electrons. The molecule has 0 unspecified atom stereocenters. The summed E-state index contributed by atoms with van der Waals surface area (Å²) in [6, 6.07) is 16.0. The summed E-state index contributed by atoms with van der Waals surface area (Å²) in [4.78, 5) is 2.02. The van der Waals surface area contributed by atoms with Crippen LogP contribution in [0.1, 0.15) is 12.5 Å². The lowest BCUT2D eigenvalue weighted by molar-refractivity contribution is 1.14. The highest BCUT2D eigenvalue weighted by Crippen LogP contribution is 2.34. The van der Waals surface area contributed by atoms with E-state index in [-0.39, 0.29) is 5.57 Å². The highest BCUT2D eigenvalue weighted by molar-refractivity contribution is 6.00. The maximum Gasteiger partial charge on any atom is 0.133 e. The molecule has 0 aromatic heterocycles. The molecule has 0 aliphatic heterocycles. The van der Waals surface area contributed by atoms with Gasteiger partial charge in [-0.05, 0) is 17.9 Å². The zero-order valence-corrected chi connectivity index (χ0v) is 11.8. The number of nitriles is 2. The Kier molecular flexibility index (Phi) is 3.73. The molecule has 0 heterocycles. The molecular weight excluding hydrogens is 246 g/mol. The summed E-state index contributed by atoms with van der Waals surface area (Å²) in [5.41, 5.74) is 2.82. The van der Waals surface area contributed by atoms with Crippen LogP contribution in [0.15, 0.2) is 42.0 Å². The van der Waals surface area contributed by atoms with Crippen molar-refractivity contribution in [1.82, 2.24) is 0 Å². The molecule has 0 saturated heterocycles. The van der Waals surface area contributed by atoms with Crippen molar-refractivity contribution < 1.29 is 0 Å². The van der Waals surface area contributed by atoms with Gasteiger partial charge in [-0.3, -0.25) is 0 Å².